The van der Waals surface area contributed by atoms with E-state index in [4.69, 9.17) is 10.00 Å². The summed E-state index contributed by atoms with van der Waals surface area (Å²) >= 11 is 0. The Morgan fingerprint density at radius 2 is 1.80 bits per heavy atom. The molecule has 0 radical (unpaired) electrons. The molecule has 0 aromatic heterocycles. The third-order valence-corrected chi connectivity index (χ3v) is 6.22. The molecule has 1 N–H and O–H groups in total. The predicted molar refractivity (Wildman–Crippen MR) is 97.7 cm³/mol. The first-order valence-corrected chi connectivity index (χ1v) is 10.4. The van der Waals surface area contributed by atoms with Crippen molar-refractivity contribution in [2.24, 2.45) is 17.8 Å². The normalized spacial score (nSPS) is 31.1. The molecule has 2 aliphatic rings. The highest BCUT2D eigenvalue weighted by Crippen LogP contribution is 2.37. The van der Waals surface area contributed by atoms with Crippen LogP contribution in [0, 0.1) is 29.1 Å². The van der Waals surface area contributed by atoms with E-state index in [2.05, 4.69) is 13.0 Å². The lowest BCUT2D eigenvalue weighted by Crippen LogP contribution is -2.32. The molecule has 4 nitrogen and oxygen atoms in total. The second kappa shape index (κ2) is 10.8. The molecule has 0 amide bonds. The smallest absolute Gasteiger partial charge is 0.309 e. The number of hydrogen-bond acceptors (Lipinski definition) is 4. The van der Waals surface area contributed by atoms with Crippen molar-refractivity contribution in [3.63, 3.8) is 0 Å². The minimum absolute atomic E-state index is 0.0000509. The Morgan fingerprint density at radius 3 is 2.40 bits per heavy atom. The zero-order valence-electron chi connectivity index (χ0n) is 15.8. The molecule has 2 aliphatic carbocycles. The van der Waals surface area contributed by atoms with E-state index in [1.165, 1.54) is 19.3 Å². The summed E-state index contributed by atoms with van der Waals surface area (Å²) in [6.07, 6.45) is 12.5. The van der Waals surface area contributed by atoms with Gasteiger partial charge in [0.15, 0.2) is 0 Å². The molecule has 4 heteroatoms. The van der Waals surface area contributed by atoms with E-state index < -0.39 is 0 Å². The second-order valence-electron chi connectivity index (χ2n) is 8.08. The van der Waals surface area contributed by atoms with Gasteiger partial charge in [0.25, 0.3) is 0 Å². The highest BCUT2D eigenvalue weighted by atomic mass is 16.5. The molecule has 25 heavy (non-hydrogen) atoms. The minimum Gasteiger partial charge on any atom is -0.462 e. The van der Waals surface area contributed by atoms with Gasteiger partial charge < -0.3 is 9.84 Å². The van der Waals surface area contributed by atoms with Crippen molar-refractivity contribution in [1.29, 1.82) is 5.26 Å². The number of aliphatic hydroxyl groups is 1. The van der Waals surface area contributed by atoms with E-state index in [0.29, 0.717) is 6.42 Å². The number of carbonyl (C=O) groups excluding carboxylic acids is 1. The summed E-state index contributed by atoms with van der Waals surface area (Å²) in [4.78, 5) is 12.3. The van der Waals surface area contributed by atoms with E-state index in [-0.39, 0.29) is 24.1 Å². The molecular formula is C21H35NO3. The Bertz CT molecular complexity index is 429. The van der Waals surface area contributed by atoms with Crippen LogP contribution in [0.2, 0.25) is 0 Å². The fourth-order valence-corrected chi connectivity index (χ4v) is 4.68. The van der Waals surface area contributed by atoms with Gasteiger partial charge in [-0.1, -0.05) is 19.8 Å². The van der Waals surface area contributed by atoms with E-state index in [1.807, 2.05) is 0 Å². The Balaban J connectivity index is 1.72. The van der Waals surface area contributed by atoms with Gasteiger partial charge in [-0.15, -0.1) is 0 Å². The van der Waals surface area contributed by atoms with Gasteiger partial charge >= 0.3 is 5.97 Å². The third kappa shape index (κ3) is 6.62. The second-order valence-corrected chi connectivity index (χ2v) is 8.08. The van der Waals surface area contributed by atoms with Crippen molar-refractivity contribution in [2.75, 3.05) is 0 Å². The summed E-state index contributed by atoms with van der Waals surface area (Å²) in [7, 11) is 0. The van der Waals surface area contributed by atoms with Crippen molar-refractivity contribution in [2.45, 2.75) is 103 Å². The van der Waals surface area contributed by atoms with Gasteiger partial charge in [-0.3, -0.25) is 4.79 Å². The molecule has 2 rings (SSSR count). The first-order valence-electron chi connectivity index (χ1n) is 10.4. The number of carbonyl (C=O) groups is 1. The molecule has 0 spiro atoms. The number of esters is 1. The highest BCUT2D eigenvalue weighted by molar-refractivity contribution is 5.72. The number of nitriles is 1. The van der Waals surface area contributed by atoms with Crippen LogP contribution in [0.5, 0.6) is 0 Å². The zero-order valence-corrected chi connectivity index (χ0v) is 15.8. The lowest BCUT2D eigenvalue weighted by molar-refractivity contribution is -0.158. The van der Waals surface area contributed by atoms with Gasteiger partial charge in [-0.25, -0.2) is 0 Å². The predicted octanol–water partition coefficient (Wildman–Crippen LogP) is 4.75. The summed E-state index contributed by atoms with van der Waals surface area (Å²) < 4.78 is 5.79. The molecule has 2 saturated carbocycles. The molecule has 0 aliphatic heterocycles. The van der Waals surface area contributed by atoms with E-state index in [1.54, 1.807) is 0 Å². The molecule has 0 bridgehead atoms. The number of nitrogens with zero attached hydrogens (tertiary/aromatic N) is 1. The largest absolute Gasteiger partial charge is 0.462 e. The summed E-state index contributed by atoms with van der Waals surface area (Å²) in [5, 5.41) is 18.3. The Morgan fingerprint density at radius 1 is 1.12 bits per heavy atom. The summed E-state index contributed by atoms with van der Waals surface area (Å²) in [6.45, 7) is 2.24. The first kappa shape index (κ1) is 20.2. The minimum atomic E-state index is -0.226. The topological polar surface area (TPSA) is 70.3 Å². The van der Waals surface area contributed by atoms with Gasteiger partial charge in [0, 0.05) is 6.42 Å². The Hall–Kier alpha value is -1.08. The lowest BCUT2D eigenvalue weighted by atomic mass is 9.75. The summed E-state index contributed by atoms with van der Waals surface area (Å²) in [6, 6.07) is 2.26. The average molecular weight is 350 g/mol. The van der Waals surface area contributed by atoms with E-state index in [0.717, 1.165) is 69.6 Å². The van der Waals surface area contributed by atoms with Crippen LogP contribution < -0.4 is 0 Å². The maximum absolute atomic E-state index is 12.3. The monoisotopic (exact) mass is 349 g/mol. The quantitative estimate of drug-likeness (QED) is 0.507. The highest BCUT2D eigenvalue weighted by Gasteiger charge is 2.31. The Kier molecular flexibility index (Phi) is 8.75. The van der Waals surface area contributed by atoms with Crippen LogP contribution in [0.3, 0.4) is 0 Å². The van der Waals surface area contributed by atoms with Gasteiger partial charge in [0.2, 0.25) is 0 Å². The van der Waals surface area contributed by atoms with Gasteiger partial charge in [-0.05, 0) is 76.0 Å². The van der Waals surface area contributed by atoms with E-state index in [9.17, 15) is 9.90 Å². The van der Waals surface area contributed by atoms with Crippen LogP contribution in [0.25, 0.3) is 0 Å². The number of rotatable bonds is 8. The molecule has 0 saturated heterocycles. The lowest BCUT2D eigenvalue weighted by Gasteiger charge is -2.34. The third-order valence-electron chi connectivity index (χ3n) is 6.22. The number of aliphatic hydroxyl groups excluding tert-OH is 1. The van der Waals surface area contributed by atoms with Crippen LogP contribution in [0.1, 0.15) is 90.4 Å². The van der Waals surface area contributed by atoms with Crippen LogP contribution in [0.4, 0.5) is 0 Å². The van der Waals surface area contributed by atoms with Crippen LogP contribution in [0.15, 0.2) is 0 Å². The van der Waals surface area contributed by atoms with Crippen LogP contribution in [-0.2, 0) is 9.53 Å². The summed E-state index contributed by atoms with van der Waals surface area (Å²) in [5.74, 6) is 1.43. The number of hydrogen-bond donors (Lipinski definition) is 1. The average Bonchev–Trinajstić information content (AvgIpc) is 2.62. The SMILES string of the molecule is CCCC(CCCC#N)C1CCC(OC(=O)C2CCC(O)CC2)CC1. The van der Waals surface area contributed by atoms with Crippen molar-refractivity contribution >= 4 is 5.97 Å². The van der Waals surface area contributed by atoms with Gasteiger partial charge in [0.1, 0.15) is 6.10 Å². The van der Waals surface area contributed by atoms with E-state index >= 15 is 0 Å². The first-order chi connectivity index (χ1) is 12.1. The van der Waals surface area contributed by atoms with Gasteiger partial charge in [0.05, 0.1) is 18.1 Å². The standard InChI is InChI=1S/C21H35NO3/c1-2-5-16(6-3-4-15-22)17-9-13-20(14-10-17)25-21(24)18-7-11-19(23)12-8-18/h16-20,23H,2-14H2,1H3. The molecule has 0 aromatic carbocycles. The maximum Gasteiger partial charge on any atom is 0.309 e. The van der Waals surface area contributed by atoms with Crippen LogP contribution in [-0.4, -0.2) is 23.3 Å². The molecule has 142 valence electrons. The molecule has 2 fully saturated rings. The van der Waals surface area contributed by atoms with Crippen molar-refractivity contribution in [3.8, 4) is 6.07 Å². The zero-order chi connectivity index (χ0) is 18.1. The molecular weight excluding hydrogens is 314 g/mol. The fraction of sp³-hybridized carbons (Fsp3) is 0.905. The molecule has 0 aromatic rings. The van der Waals surface area contributed by atoms with Gasteiger partial charge in [-0.2, -0.15) is 5.26 Å². The van der Waals surface area contributed by atoms with Crippen molar-refractivity contribution in [3.05, 3.63) is 0 Å². The molecule has 0 heterocycles. The van der Waals surface area contributed by atoms with Crippen molar-refractivity contribution in [1.82, 2.24) is 0 Å². The molecule has 1 unspecified atom stereocenters. The van der Waals surface area contributed by atoms with Crippen molar-refractivity contribution < 1.29 is 14.6 Å². The maximum atomic E-state index is 12.3. The molecule has 1 atom stereocenters. The van der Waals surface area contributed by atoms with Crippen LogP contribution >= 0.6 is 0 Å². The Labute approximate surface area is 152 Å². The number of ether oxygens (including phenoxy) is 1. The fourth-order valence-electron chi connectivity index (χ4n) is 4.68. The number of unbranched alkanes of at least 4 members (excludes halogenated alkanes) is 1. The summed E-state index contributed by atoms with van der Waals surface area (Å²) in [5.41, 5.74) is 0.